The van der Waals surface area contributed by atoms with E-state index in [1.807, 2.05) is 0 Å². The van der Waals surface area contributed by atoms with E-state index in [1.54, 1.807) is 31.4 Å². The van der Waals surface area contributed by atoms with Gasteiger partial charge in [-0.05, 0) is 42.5 Å². The van der Waals surface area contributed by atoms with Crippen molar-refractivity contribution < 1.29 is 17.9 Å². The molecule has 6 nitrogen and oxygen atoms in total. The van der Waals surface area contributed by atoms with Crippen molar-refractivity contribution in [2.24, 2.45) is 0 Å². The minimum atomic E-state index is -4.58. The van der Waals surface area contributed by atoms with Crippen molar-refractivity contribution in [1.82, 2.24) is 15.3 Å². The zero-order valence-electron chi connectivity index (χ0n) is 17.0. The van der Waals surface area contributed by atoms with Crippen LogP contribution in [-0.4, -0.2) is 42.3 Å². The molecule has 0 saturated heterocycles. The normalized spacial score (nSPS) is 19.9. The number of hydrogen-bond donors (Lipinski definition) is 2. The molecule has 0 bridgehead atoms. The zero-order valence-corrected chi connectivity index (χ0v) is 17.0. The first kappa shape index (κ1) is 21.3. The highest BCUT2D eigenvalue weighted by Crippen LogP contribution is 2.40. The first-order chi connectivity index (χ1) is 14.9. The molecule has 1 heterocycles. The number of nitrogens with zero attached hydrogens (tertiary/aromatic N) is 3. The first-order valence-electron chi connectivity index (χ1n) is 10.1. The van der Waals surface area contributed by atoms with Gasteiger partial charge >= 0.3 is 6.18 Å². The summed E-state index contributed by atoms with van der Waals surface area (Å²) in [7, 11) is 1.63. The molecule has 0 radical (unpaired) electrons. The molecule has 2 aliphatic rings. The number of fused-ring (bicyclic) bond motifs is 1. The van der Waals surface area contributed by atoms with Crippen LogP contribution in [0, 0.1) is 11.3 Å². The number of alkyl halides is 3. The number of rotatable bonds is 7. The number of benzene rings is 1. The SMILES string of the molecule is COCCN[C@H]1CC[C@@H]1Nc1ncc(C(F)(F)F)c(C2=CCc3cc(C#N)ccc32)n1. The third-order valence-corrected chi connectivity index (χ3v) is 5.70. The van der Waals surface area contributed by atoms with Crippen molar-refractivity contribution in [3.63, 3.8) is 0 Å². The van der Waals surface area contributed by atoms with E-state index in [-0.39, 0.29) is 23.7 Å². The predicted octanol–water partition coefficient (Wildman–Crippen LogP) is 3.53. The van der Waals surface area contributed by atoms with Crippen molar-refractivity contribution in [3.05, 3.63) is 58.4 Å². The van der Waals surface area contributed by atoms with Crippen LogP contribution in [0.2, 0.25) is 0 Å². The molecule has 162 valence electrons. The quantitative estimate of drug-likeness (QED) is 0.656. The molecule has 0 spiro atoms. The van der Waals surface area contributed by atoms with Gasteiger partial charge in [-0.25, -0.2) is 9.97 Å². The lowest BCUT2D eigenvalue weighted by molar-refractivity contribution is -0.138. The van der Waals surface area contributed by atoms with Gasteiger partial charge in [-0.1, -0.05) is 12.1 Å². The first-order valence-corrected chi connectivity index (χ1v) is 10.1. The highest BCUT2D eigenvalue weighted by molar-refractivity contribution is 5.85. The van der Waals surface area contributed by atoms with Gasteiger partial charge in [0.1, 0.15) is 5.56 Å². The number of aromatic nitrogens is 2. The van der Waals surface area contributed by atoms with Crippen LogP contribution in [0.25, 0.3) is 5.57 Å². The maximum absolute atomic E-state index is 13.7. The average molecular weight is 429 g/mol. The van der Waals surface area contributed by atoms with Crippen LogP contribution >= 0.6 is 0 Å². The molecule has 1 fully saturated rings. The zero-order chi connectivity index (χ0) is 22.0. The van der Waals surface area contributed by atoms with Crippen LogP contribution in [0.4, 0.5) is 19.1 Å². The molecular weight excluding hydrogens is 407 g/mol. The van der Waals surface area contributed by atoms with E-state index in [0.717, 1.165) is 24.6 Å². The smallest absolute Gasteiger partial charge is 0.383 e. The van der Waals surface area contributed by atoms with E-state index in [9.17, 15) is 13.2 Å². The fourth-order valence-electron chi connectivity index (χ4n) is 3.93. The third kappa shape index (κ3) is 4.40. The van der Waals surface area contributed by atoms with E-state index in [0.29, 0.717) is 36.3 Å². The van der Waals surface area contributed by atoms with E-state index in [4.69, 9.17) is 10.00 Å². The summed E-state index contributed by atoms with van der Waals surface area (Å²) in [5.41, 5.74) is 1.36. The molecule has 31 heavy (non-hydrogen) atoms. The van der Waals surface area contributed by atoms with E-state index >= 15 is 0 Å². The van der Waals surface area contributed by atoms with Crippen molar-refractivity contribution in [2.75, 3.05) is 25.6 Å². The van der Waals surface area contributed by atoms with Crippen LogP contribution in [0.1, 0.15) is 40.8 Å². The fourth-order valence-corrected chi connectivity index (χ4v) is 3.93. The summed E-state index contributed by atoms with van der Waals surface area (Å²) in [5.74, 6) is 0.175. The van der Waals surface area contributed by atoms with Gasteiger partial charge in [0, 0.05) is 37.5 Å². The van der Waals surface area contributed by atoms with Gasteiger partial charge in [-0.2, -0.15) is 18.4 Å². The monoisotopic (exact) mass is 429 g/mol. The molecular formula is C22H22F3N5O. The number of nitrogens with one attached hydrogen (secondary N) is 2. The number of anilines is 1. The standard InChI is InChI=1S/C22H22F3N5O/c1-31-9-8-27-18-6-7-19(18)29-21-28-12-17(22(23,24)25)20(30-21)16-5-3-14-10-13(11-26)2-4-15(14)16/h2,4-5,10,12,18-19,27H,3,6-9H2,1H3,(H,28,29,30)/t18-,19-/m0/s1. The Kier molecular flexibility index (Phi) is 5.94. The Morgan fingerprint density at radius 3 is 2.74 bits per heavy atom. The van der Waals surface area contributed by atoms with E-state index in [1.165, 1.54) is 0 Å². The fraction of sp³-hybridized carbons (Fsp3) is 0.409. The van der Waals surface area contributed by atoms with E-state index < -0.39 is 11.7 Å². The minimum Gasteiger partial charge on any atom is -0.383 e. The van der Waals surface area contributed by atoms with Crippen LogP contribution in [0.3, 0.4) is 0 Å². The lowest BCUT2D eigenvalue weighted by atomic mass is 9.86. The van der Waals surface area contributed by atoms with Crippen molar-refractivity contribution in [1.29, 1.82) is 5.26 Å². The third-order valence-electron chi connectivity index (χ3n) is 5.70. The highest BCUT2D eigenvalue weighted by Gasteiger charge is 2.38. The second-order valence-corrected chi connectivity index (χ2v) is 7.64. The molecule has 1 aromatic heterocycles. The van der Waals surface area contributed by atoms with Gasteiger partial charge < -0.3 is 15.4 Å². The van der Waals surface area contributed by atoms with Crippen LogP contribution in [-0.2, 0) is 17.3 Å². The van der Waals surface area contributed by atoms with Crippen LogP contribution in [0.15, 0.2) is 30.5 Å². The Hall–Kier alpha value is -2.96. The molecule has 1 saturated carbocycles. The molecule has 9 heteroatoms. The summed E-state index contributed by atoms with van der Waals surface area (Å²) in [6, 6.07) is 7.30. The number of allylic oxidation sites excluding steroid dienone is 1. The number of ether oxygens (including phenoxy) is 1. The average Bonchev–Trinajstić information content (AvgIpc) is 3.16. The predicted molar refractivity (Wildman–Crippen MR) is 109 cm³/mol. The Morgan fingerprint density at radius 1 is 1.26 bits per heavy atom. The number of nitriles is 1. The molecule has 0 amide bonds. The Balaban J connectivity index is 1.61. The summed E-state index contributed by atoms with van der Waals surface area (Å²) in [5, 5.41) is 15.6. The molecule has 0 aliphatic heterocycles. The molecule has 2 N–H and O–H groups in total. The highest BCUT2D eigenvalue weighted by atomic mass is 19.4. The molecule has 2 aliphatic carbocycles. The van der Waals surface area contributed by atoms with Crippen molar-refractivity contribution in [2.45, 2.75) is 37.5 Å². The molecule has 4 rings (SSSR count). The van der Waals surface area contributed by atoms with Gasteiger partial charge in [0.05, 0.1) is 23.9 Å². The summed E-state index contributed by atoms with van der Waals surface area (Å²) in [6.45, 7) is 1.29. The van der Waals surface area contributed by atoms with E-state index in [2.05, 4.69) is 26.7 Å². The summed E-state index contributed by atoms with van der Waals surface area (Å²) < 4.78 is 46.2. The van der Waals surface area contributed by atoms with Gasteiger partial charge in [0.15, 0.2) is 0 Å². The molecule has 0 unspecified atom stereocenters. The summed E-state index contributed by atoms with van der Waals surface area (Å²) >= 11 is 0. The van der Waals surface area contributed by atoms with Gasteiger partial charge in [0.25, 0.3) is 0 Å². The van der Waals surface area contributed by atoms with Crippen LogP contribution < -0.4 is 10.6 Å². The maximum Gasteiger partial charge on any atom is 0.419 e. The molecule has 1 aromatic carbocycles. The largest absolute Gasteiger partial charge is 0.419 e. The second kappa shape index (κ2) is 8.65. The maximum atomic E-state index is 13.7. The van der Waals surface area contributed by atoms with Gasteiger partial charge in [-0.15, -0.1) is 0 Å². The van der Waals surface area contributed by atoms with Crippen LogP contribution in [0.5, 0.6) is 0 Å². The van der Waals surface area contributed by atoms with Gasteiger partial charge in [-0.3, -0.25) is 0 Å². The summed E-state index contributed by atoms with van der Waals surface area (Å²) in [4.78, 5) is 8.24. The minimum absolute atomic E-state index is 0.0458. The second-order valence-electron chi connectivity index (χ2n) is 7.64. The lowest BCUT2D eigenvalue weighted by Crippen LogP contribution is -2.52. The lowest BCUT2D eigenvalue weighted by Gasteiger charge is -2.38. The van der Waals surface area contributed by atoms with Crippen molar-refractivity contribution in [3.8, 4) is 6.07 Å². The summed E-state index contributed by atoms with van der Waals surface area (Å²) in [6.07, 6.45) is 0.301. The number of methoxy groups -OCH3 is 1. The Labute approximate surface area is 178 Å². The number of hydrogen-bond acceptors (Lipinski definition) is 6. The van der Waals surface area contributed by atoms with Gasteiger partial charge in [0.2, 0.25) is 5.95 Å². The number of halogens is 3. The Morgan fingerprint density at radius 2 is 2.06 bits per heavy atom. The van der Waals surface area contributed by atoms with Crippen molar-refractivity contribution >= 4 is 11.5 Å². The topological polar surface area (TPSA) is 82.9 Å². The Bertz CT molecular complexity index is 1040. The molecule has 2 aromatic rings. The molecule has 2 atom stereocenters.